The monoisotopic (exact) mass is 279 g/mol. The Morgan fingerprint density at radius 1 is 1.42 bits per heavy atom. The van der Waals surface area contributed by atoms with Gasteiger partial charge in [0.25, 0.3) is 5.91 Å². The summed E-state index contributed by atoms with van der Waals surface area (Å²) in [5.74, 6) is 2.88. The number of carbonyl (C=O) groups is 1. The lowest BCUT2D eigenvalue weighted by molar-refractivity contribution is -0.124. The molecule has 0 saturated carbocycles. The molecule has 0 unspecified atom stereocenters. The molecule has 0 fully saturated rings. The topological polar surface area (TPSA) is 38.3 Å². The first kappa shape index (κ1) is 15.4. The van der Waals surface area contributed by atoms with Crippen molar-refractivity contribution in [1.29, 1.82) is 0 Å². The molecule has 0 aliphatic carbocycles. The zero-order valence-corrected chi connectivity index (χ0v) is 12.0. The molecule has 1 amide bonds. The normalized spacial score (nSPS) is 10.6. The first-order valence-corrected chi connectivity index (χ1v) is 6.60. The number of benzene rings is 1. The Hall–Kier alpha value is -1.66. The minimum absolute atomic E-state index is 0.104. The Labute approximate surface area is 119 Å². The Morgan fingerprint density at radius 3 is 2.58 bits per heavy atom. The average Bonchev–Trinajstić information content (AvgIpc) is 2.44. The predicted octanol–water partition coefficient (Wildman–Crippen LogP) is 3.03. The number of terminal acetylenes is 1. The van der Waals surface area contributed by atoms with Crippen molar-refractivity contribution in [3.05, 3.63) is 29.3 Å². The van der Waals surface area contributed by atoms with Crippen LogP contribution < -0.4 is 10.1 Å². The van der Waals surface area contributed by atoms with Crippen LogP contribution in [0.4, 0.5) is 0 Å². The van der Waals surface area contributed by atoms with E-state index in [9.17, 15) is 4.79 Å². The number of ether oxygens (including phenoxy) is 1. The van der Waals surface area contributed by atoms with Crippen LogP contribution in [0.2, 0.25) is 5.02 Å². The summed E-state index contributed by atoms with van der Waals surface area (Å²) in [6.07, 6.45) is 6.84. The lowest BCUT2D eigenvalue weighted by Crippen LogP contribution is -2.48. The van der Waals surface area contributed by atoms with E-state index in [0.717, 1.165) is 0 Å². The van der Waals surface area contributed by atoms with Crippen LogP contribution in [-0.4, -0.2) is 18.1 Å². The molecule has 0 atom stereocenters. The number of halogens is 1. The fraction of sp³-hybridized carbons (Fsp3) is 0.400. The van der Waals surface area contributed by atoms with Crippen LogP contribution in [0.1, 0.15) is 26.7 Å². The molecule has 1 N–H and O–H groups in total. The number of nitrogens with one attached hydrogen (secondary N) is 1. The second-order valence-electron chi connectivity index (χ2n) is 4.20. The smallest absolute Gasteiger partial charge is 0.259 e. The first-order chi connectivity index (χ1) is 9.06. The van der Waals surface area contributed by atoms with Crippen molar-refractivity contribution in [3.8, 4) is 18.1 Å². The Kier molecular flexibility index (Phi) is 5.72. The first-order valence-electron chi connectivity index (χ1n) is 6.23. The molecule has 4 heteroatoms. The fourth-order valence-electron chi connectivity index (χ4n) is 1.68. The maximum atomic E-state index is 11.8. The lowest BCUT2D eigenvalue weighted by atomic mass is 9.94. The molecule has 0 heterocycles. The number of rotatable bonds is 6. The molecule has 0 aliphatic rings. The molecule has 3 nitrogen and oxygen atoms in total. The molecule has 1 rings (SSSR count). The largest absolute Gasteiger partial charge is 0.482 e. The summed E-state index contributed by atoms with van der Waals surface area (Å²) in [7, 11) is 0. The second kappa shape index (κ2) is 7.06. The number of hydrogen-bond acceptors (Lipinski definition) is 2. The van der Waals surface area contributed by atoms with Gasteiger partial charge in [0.05, 0.1) is 5.02 Å². The van der Waals surface area contributed by atoms with Gasteiger partial charge in [0, 0.05) is 0 Å². The Balaban J connectivity index is 2.58. The van der Waals surface area contributed by atoms with Crippen molar-refractivity contribution in [2.45, 2.75) is 32.2 Å². The average molecular weight is 280 g/mol. The van der Waals surface area contributed by atoms with Gasteiger partial charge in [-0.1, -0.05) is 43.5 Å². The number of carbonyl (C=O) groups excluding carboxylic acids is 1. The van der Waals surface area contributed by atoms with E-state index in [4.69, 9.17) is 22.8 Å². The van der Waals surface area contributed by atoms with E-state index in [-0.39, 0.29) is 12.5 Å². The van der Waals surface area contributed by atoms with Crippen molar-refractivity contribution in [3.63, 3.8) is 0 Å². The molecule has 0 aromatic heterocycles. The Morgan fingerprint density at radius 2 is 2.05 bits per heavy atom. The standard InChI is InChI=1S/C15H18ClNO2/c1-4-15(5-2,6-3)17-14(18)11-19-13-10-8-7-9-12(13)16/h1,7-10H,5-6,11H2,2-3H3,(H,17,18). The van der Waals surface area contributed by atoms with Gasteiger partial charge in [-0.3, -0.25) is 4.79 Å². The van der Waals surface area contributed by atoms with Crippen molar-refractivity contribution >= 4 is 17.5 Å². The summed E-state index contributed by atoms with van der Waals surface area (Å²) in [5, 5.41) is 3.30. The summed E-state index contributed by atoms with van der Waals surface area (Å²) < 4.78 is 5.37. The predicted molar refractivity (Wildman–Crippen MR) is 77.2 cm³/mol. The van der Waals surface area contributed by atoms with Crippen LogP contribution in [-0.2, 0) is 4.79 Å². The van der Waals surface area contributed by atoms with Crippen LogP contribution >= 0.6 is 11.6 Å². The van der Waals surface area contributed by atoms with Gasteiger partial charge in [0.1, 0.15) is 11.3 Å². The number of hydrogen-bond donors (Lipinski definition) is 1. The van der Waals surface area contributed by atoms with Crippen molar-refractivity contribution in [2.75, 3.05) is 6.61 Å². The SMILES string of the molecule is C#CC(CC)(CC)NC(=O)COc1ccccc1Cl. The van der Waals surface area contributed by atoms with E-state index >= 15 is 0 Å². The third-order valence-corrected chi connectivity index (χ3v) is 3.37. The van der Waals surface area contributed by atoms with E-state index in [1.807, 2.05) is 13.8 Å². The van der Waals surface area contributed by atoms with Gasteiger partial charge in [-0.05, 0) is 25.0 Å². The summed E-state index contributed by atoms with van der Waals surface area (Å²) in [6, 6.07) is 7.01. The molecule has 0 aliphatic heterocycles. The highest BCUT2D eigenvalue weighted by Crippen LogP contribution is 2.23. The highest BCUT2D eigenvalue weighted by molar-refractivity contribution is 6.32. The molecule has 19 heavy (non-hydrogen) atoms. The van der Waals surface area contributed by atoms with Gasteiger partial charge >= 0.3 is 0 Å². The van der Waals surface area contributed by atoms with Gasteiger partial charge in [0.15, 0.2) is 6.61 Å². The van der Waals surface area contributed by atoms with Crippen LogP contribution in [0, 0.1) is 12.3 Å². The third kappa shape index (κ3) is 4.18. The van der Waals surface area contributed by atoms with Gasteiger partial charge in [-0.2, -0.15) is 0 Å². The van der Waals surface area contributed by atoms with Gasteiger partial charge in [0.2, 0.25) is 0 Å². The molecule has 102 valence electrons. The lowest BCUT2D eigenvalue weighted by Gasteiger charge is -2.27. The molecule has 1 aromatic rings. The maximum absolute atomic E-state index is 11.8. The number of para-hydroxylation sites is 1. The van der Waals surface area contributed by atoms with E-state index in [1.165, 1.54) is 0 Å². The van der Waals surface area contributed by atoms with Crippen molar-refractivity contribution < 1.29 is 9.53 Å². The minimum atomic E-state index is -0.596. The minimum Gasteiger partial charge on any atom is -0.482 e. The van der Waals surface area contributed by atoms with Crippen molar-refractivity contribution in [2.24, 2.45) is 0 Å². The highest BCUT2D eigenvalue weighted by atomic mass is 35.5. The van der Waals surface area contributed by atoms with Gasteiger partial charge in [-0.15, -0.1) is 6.42 Å². The zero-order valence-electron chi connectivity index (χ0n) is 11.2. The molecular weight excluding hydrogens is 262 g/mol. The third-order valence-electron chi connectivity index (χ3n) is 3.06. The van der Waals surface area contributed by atoms with E-state index in [1.54, 1.807) is 24.3 Å². The molecular formula is C15H18ClNO2. The molecule has 1 aromatic carbocycles. The Bertz CT molecular complexity index is 475. The van der Waals surface area contributed by atoms with Crippen LogP contribution in [0.3, 0.4) is 0 Å². The number of amides is 1. The molecule has 0 saturated heterocycles. The van der Waals surface area contributed by atoms with Crippen LogP contribution in [0.15, 0.2) is 24.3 Å². The molecule has 0 spiro atoms. The van der Waals surface area contributed by atoms with Crippen LogP contribution in [0.5, 0.6) is 5.75 Å². The molecule has 0 bridgehead atoms. The summed E-state index contributed by atoms with van der Waals surface area (Å²) in [6.45, 7) is 3.78. The fourth-order valence-corrected chi connectivity index (χ4v) is 1.87. The maximum Gasteiger partial charge on any atom is 0.259 e. The van der Waals surface area contributed by atoms with Gasteiger partial charge < -0.3 is 10.1 Å². The van der Waals surface area contributed by atoms with E-state index < -0.39 is 5.54 Å². The van der Waals surface area contributed by atoms with Crippen LogP contribution in [0.25, 0.3) is 0 Å². The quantitative estimate of drug-likeness (QED) is 0.813. The summed E-state index contributed by atoms with van der Waals surface area (Å²) in [4.78, 5) is 11.8. The highest BCUT2D eigenvalue weighted by Gasteiger charge is 2.25. The van der Waals surface area contributed by atoms with E-state index in [2.05, 4.69) is 11.2 Å². The summed E-state index contributed by atoms with van der Waals surface area (Å²) in [5.41, 5.74) is -0.596. The second-order valence-corrected chi connectivity index (χ2v) is 4.61. The van der Waals surface area contributed by atoms with Gasteiger partial charge in [-0.25, -0.2) is 0 Å². The summed E-state index contributed by atoms with van der Waals surface area (Å²) >= 11 is 5.93. The van der Waals surface area contributed by atoms with Crippen molar-refractivity contribution in [1.82, 2.24) is 5.32 Å². The molecule has 0 radical (unpaired) electrons. The zero-order chi connectivity index (χ0) is 14.3. The van der Waals surface area contributed by atoms with E-state index in [0.29, 0.717) is 23.6 Å².